The number of aryl methyl sites for hydroxylation is 2. The van der Waals surface area contributed by atoms with Crippen molar-refractivity contribution in [2.24, 2.45) is 0 Å². The number of thiazole rings is 2. The van der Waals surface area contributed by atoms with E-state index in [0.29, 0.717) is 39.1 Å². The molecule has 0 fully saturated rings. The summed E-state index contributed by atoms with van der Waals surface area (Å²) in [5, 5.41) is 12.1. The number of ether oxygens (including phenoxy) is 1. The molecule has 0 spiro atoms. The highest BCUT2D eigenvalue weighted by molar-refractivity contribution is 7.22. The number of aromatic nitrogens is 2. The van der Waals surface area contributed by atoms with Crippen molar-refractivity contribution in [1.29, 1.82) is 0 Å². The molecule has 0 bridgehead atoms. The molecule has 1 amide bonds. The van der Waals surface area contributed by atoms with Gasteiger partial charge in [-0.3, -0.25) is 14.5 Å². The molecule has 1 aliphatic heterocycles. The average molecular weight is 492 g/mol. The second kappa shape index (κ2) is 8.66. The van der Waals surface area contributed by atoms with Crippen LogP contribution in [0.25, 0.3) is 10.2 Å². The molecule has 1 unspecified atom stereocenters. The Balaban J connectivity index is 1.64. The number of benzene rings is 2. The summed E-state index contributed by atoms with van der Waals surface area (Å²) in [5.41, 5.74) is 2.03. The van der Waals surface area contributed by atoms with Crippen LogP contribution in [0.2, 0.25) is 0 Å². The summed E-state index contributed by atoms with van der Waals surface area (Å²) in [4.78, 5) is 37.8. The topological polar surface area (TPSA) is 92.6 Å². The van der Waals surface area contributed by atoms with Gasteiger partial charge >= 0.3 is 0 Å². The van der Waals surface area contributed by atoms with Crippen molar-refractivity contribution in [3.63, 3.8) is 0 Å². The SMILES string of the molecule is CCOc1ccc2nc(N3C(=O)C(O)=C(C(=O)c4sc(C)nc4C)C3c3ccccc3)sc2c1. The zero-order valence-corrected chi connectivity index (χ0v) is 20.4. The standard InChI is InChI=1S/C25H21N3O4S2/c1-4-32-16-10-11-17-18(12-16)34-25(27-17)28-20(15-8-6-5-7-9-15)19(22(30)24(28)31)21(29)23-13(2)26-14(3)33-23/h5-12,20,30H,4H2,1-3H3. The number of carbonyl (C=O) groups excluding carboxylic acids is 2. The van der Waals surface area contributed by atoms with Gasteiger partial charge in [0.25, 0.3) is 5.91 Å². The second-order valence-corrected chi connectivity index (χ2v) is 10.00. The third-order valence-electron chi connectivity index (χ3n) is 5.54. The molecule has 7 nitrogen and oxygen atoms in total. The average Bonchev–Trinajstić information content (AvgIpc) is 3.47. The maximum Gasteiger partial charge on any atom is 0.296 e. The number of carbonyl (C=O) groups is 2. The van der Waals surface area contributed by atoms with Gasteiger partial charge in [0.1, 0.15) is 5.75 Å². The van der Waals surface area contributed by atoms with Gasteiger partial charge in [-0.05, 0) is 44.5 Å². The van der Waals surface area contributed by atoms with Gasteiger partial charge in [-0.2, -0.15) is 0 Å². The maximum absolute atomic E-state index is 13.6. The van der Waals surface area contributed by atoms with Crippen LogP contribution in [-0.2, 0) is 4.79 Å². The number of fused-ring (bicyclic) bond motifs is 1. The van der Waals surface area contributed by atoms with Crippen molar-refractivity contribution in [3.05, 3.63) is 81.0 Å². The van der Waals surface area contributed by atoms with Crippen LogP contribution in [0.5, 0.6) is 5.75 Å². The molecule has 172 valence electrons. The van der Waals surface area contributed by atoms with Gasteiger partial charge < -0.3 is 9.84 Å². The molecule has 1 N–H and O–H groups in total. The van der Waals surface area contributed by atoms with Crippen LogP contribution < -0.4 is 9.64 Å². The predicted octanol–water partition coefficient (Wildman–Crippen LogP) is 5.55. The zero-order valence-electron chi connectivity index (χ0n) is 18.7. The molecule has 5 rings (SSSR count). The van der Waals surface area contributed by atoms with E-state index in [-0.39, 0.29) is 5.57 Å². The van der Waals surface area contributed by atoms with E-state index >= 15 is 0 Å². The lowest BCUT2D eigenvalue weighted by atomic mass is 9.95. The Morgan fingerprint density at radius 3 is 2.56 bits per heavy atom. The number of aliphatic hydroxyl groups is 1. The maximum atomic E-state index is 13.6. The zero-order chi connectivity index (χ0) is 24.0. The molecule has 0 aliphatic carbocycles. The number of anilines is 1. The van der Waals surface area contributed by atoms with Crippen LogP contribution in [0, 0.1) is 13.8 Å². The van der Waals surface area contributed by atoms with E-state index in [1.54, 1.807) is 6.92 Å². The summed E-state index contributed by atoms with van der Waals surface area (Å²) >= 11 is 2.56. The lowest BCUT2D eigenvalue weighted by Crippen LogP contribution is -2.30. The summed E-state index contributed by atoms with van der Waals surface area (Å²) in [6.45, 7) is 6.03. The molecular weight excluding hydrogens is 470 g/mol. The van der Waals surface area contributed by atoms with Crippen LogP contribution in [0.3, 0.4) is 0 Å². The van der Waals surface area contributed by atoms with Crippen LogP contribution in [-0.4, -0.2) is 33.4 Å². The first-order valence-electron chi connectivity index (χ1n) is 10.7. The van der Waals surface area contributed by atoms with Gasteiger partial charge in [0.05, 0.1) is 44.0 Å². The van der Waals surface area contributed by atoms with E-state index in [1.807, 2.05) is 62.4 Å². The van der Waals surface area contributed by atoms with Crippen LogP contribution >= 0.6 is 22.7 Å². The summed E-state index contributed by atoms with van der Waals surface area (Å²) < 4.78 is 6.43. The molecule has 1 aliphatic rings. The summed E-state index contributed by atoms with van der Waals surface area (Å²) in [5.74, 6) is -0.894. The lowest BCUT2D eigenvalue weighted by molar-refractivity contribution is -0.117. The van der Waals surface area contributed by atoms with Crippen molar-refractivity contribution < 1.29 is 19.4 Å². The van der Waals surface area contributed by atoms with Crippen molar-refractivity contribution in [1.82, 2.24) is 9.97 Å². The van der Waals surface area contributed by atoms with Crippen molar-refractivity contribution >= 4 is 49.7 Å². The van der Waals surface area contributed by atoms with Crippen molar-refractivity contribution in [3.8, 4) is 5.75 Å². The molecule has 34 heavy (non-hydrogen) atoms. The predicted molar refractivity (Wildman–Crippen MR) is 133 cm³/mol. The fourth-order valence-corrected chi connectivity index (χ4v) is 6.00. The number of aliphatic hydroxyl groups excluding tert-OH is 1. The Hall–Kier alpha value is -3.56. The molecule has 2 aromatic heterocycles. The molecule has 0 radical (unpaired) electrons. The largest absolute Gasteiger partial charge is 0.503 e. The molecule has 0 saturated carbocycles. The minimum Gasteiger partial charge on any atom is -0.503 e. The van der Waals surface area contributed by atoms with Gasteiger partial charge in [0, 0.05) is 0 Å². The number of amides is 1. The molecular formula is C25H21N3O4S2. The van der Waals surface area contributed by atoms with Crippen LogP contribution in [0.4, 0.5) is 5.13 Å². The highest BCUT2D eigenvalue weighted by Crippen LogP contribution is 2.45. The number of hydrogen-bond acceptors (Lipinski definition) is 8. The minimum atomic E-state index is -0.810. The second-order valence-electron chi connectivity index (χ2n) is 7.79. The summed E-state index contributed by atoms with van der Waals surface area (Å²) in [7, 11) is 0. The Labute approximate surface area is 204 Å². The van der Waals surface area contributed by atoms with Gasteiger partial charge in [0.2, 0.25) is 5.78 Å². The minimum absolute atomic E-state index is 0.0391. The molecule has 1 atom stereocenters. The first kappa shape index (κ1) is 22.2. The van der Waals surface area contributed by atoms with E-state index < -0.39 is 23.5 Å². The quantitative estimate of drug-likeness (QED) is 0.356. The number of Topliss-reactive ketones (excluding diaryl/α,β-unsaturated/α-hetero) is 1. The van der Waals surface area contributed by atoms with Crippen molar-refractivity contribution in [2.75, 3.05) is 11.5 Å². The Morgan fingerprint density at radius 1 is 1.12 bits per heavy atom. The van der Waals surface area contributed by atoms with Gasteiger partial charge in [-0.1, -0.05) is 41.7 Å². The molecule has 9 heteroatoms. The third-order valence-corrected chi connectivity index (χ3v) is 7.63. The molecule has 3 heterocycles. The van der Waals surface area contributed by atoms with Gasteiger partial charge in [-0.25, -0.2) is 9.97 Å². The number of hydrogen-bond donors (Lipinski definition) is 1. The Kier molecular flexibility index (Phi) is 5.66. The number of nitrogens with zero attached hydrogens (tertiary/aromatic N) is 3. The highest BCUT2D eigenvalue weighted by atomic mass is 32.1. The van der Waals surface area contributed by atoms with E-state index in [2.05, 4.69) is 9.97 Å². The van der Waals surface area contributed by atoms with E-state index in [1.165, 1.54) is 27.6 Å². The van der Waals surface area contributed by atoms with Crippen molar-refractivity contribution in [2.45, 2.75) is 26.8 Å². The van der Waals surface area contributed by atoms with Crippen LogP contribution in [0.1, 0.15) is 38.9 Å². The fourth-order valence-electron chi connectivity index (χ4n) is 4.10. The normalized spacial score (nSPS) is 16.0. The molecule has 4 aromatic rings. The first-order chi connectivity index (χ1) is 16.4. The molecule has 0 saturated heterocycles. The number of ketones is 1. The Morgan fingerprint density at radius 2 is 1.88 bits per heavy atom. The van der Waals surface area contributed by atoms with Gasteiger partial charge in [-0.15, -0.1) is 11.3 Å². The van der Waals surface area contributed by atoms with Gasteiger partial charge in [0.15, 0.2) is 10.9 Å². The molecule has 2 aromatic carbocycles. The fraction of sp³-hybridized carbons (Fsp3) is 0.200. The number of rotatable bonds is 6. The smallest absolute Gasteiger partial charge is 0.296 e. The van der Waals surface area contributed by atoms with Crippen LogP contribution in [0.15, 0.2) is 59.9 Å². The van der Waals surface area contributed by atoms with E-state index in [9.17, 15) is 14.7 Å². The van der Waals surface area contributed by atoms with E-state index in [4.69, 9.17) is 4.74 Å². The lowest BCUT2D eigenvalue weighted by Gasteiger charge is -2.24. The monoisotopic (exact) mass is 491 g/mol. The Bertz CT molecular complexity index is 1460. The highest BCUT2D eigenvalue weighted by Gasteiger charge is 2.46. The van der Waals surface area contributed by atoms with E-state index in [0.717, 1.165) is 9.71 Å². The summed E-state index contributed by atoms with van der Waals surface area (Å²) in [6, 6.07) is 13.9. The summed E-state index contributed by atoms with van der Waals surface area (Å²) in [6.07, 6.45) is 0. The first-order valence-corrected chi connectivity index (χ1v) is 12.4. The third kappa shape index (κ3) is 3.66.